The van der Waals surface area contributed by atoms with Crippen molar-refractivity contribution in [1.29, 1.82) is 0 Å². The first kappa shape index (κ1) is 37.3. The lowest BCUT2D eigenvalue weighted by molar-refractivity contribution is -0.0972. The van der Waals surface area contributed by atoms with E-state index in [-0.39, 0.29) is 17.3 Å². The molecule has 3 aliphatic carbocycles. The Morgan fingerprint density at radius 2 is 1.83 bits per heavy atom. The number of nitrogens with zero attached hydrogens (tertiary/aromatic N) is 3. The topological polar surface area (TPSA) is 91.4 Å². The number of fused-ring (bicyclic) bond motifs is 4. The van der Waals surface area contributed by atoms with Crippen molar-refractivity contribution in [3.8, 4) is 5.75 Å². The van der Waals surface area contributed by atoms with Gasteiger partial charge in [0.25, 0.3) is 5.91 Å². The van der Waals surface area contributed by atoms with Crippen molar-refractivity contribution in [3.63, 3.8) is 0 Å². The first-order valence-corrected chi connectivity index (χ1v) is 22.0. The zero-order valence-electron chi connectivity index (χ0n) is 31.7. The molecule has 3 aliphatic heterocycles. The van der Waals surface area contributed by atoms with Gasteiger partial charge in [-0.3, -0.25) is 14.6 Å². The number of nitrogens with one attached hydrogen (secondary N) is 1. The van der Waals surface area contributed by atoms with E-state index in [1.165, 1.54) is 30.4 Å². The second-order valence-electron chi connectivity index (χ2n) is 17.1. The van der Waals surface area contributed by atoms with Crippen molar-refractivity contribution in [2.45, 2.75) is 93.9 Å². The number of amides is 1. The second-order valence-corrected chi connectivity index (χ2v) is 19.6. The van der Waals surface area contributed by atoms with Crippen LogP contribution in [0.1, 0.15) is 86.7 Å². The predicted molar refractivity (Wildman–Crippen MR) is 211 cm³/mol. The molecule has 53 heavy (non-hydrogen) atoms. The summed E-state index contributed by atoms with van der Waals surface area (Å²) in [5.74, 6) is 0.550. The molecule has 2 aromatic rings. The van der Waals surface area contributed by atoms with Crippen LogP contribution in [-0.4, -0.2) is 101 Å². The van der Waals surface area contributed by atoms with Gasteiger partial charge in [0.15, 0.2) is 0 Å². The third-order valence-electron chi connectivity index (χ3n) is 14.1. The summed E-state index contributed by atoms with van der Waals surface area (Å²) in [6, 6.07) is 12.5. The average Bonchev–Trinajstić information content (AvgIpc) is 3.25. The number of carbonyl (C=O) groups is 1. The number of hydrogen-bond acceptors (Lipinski definition) is 8. The molecule has 8 rings (SSSR count). The van der Waals surface area contributed by atoms with E-state index in [1.807, 2.05) is 32.2 Å². The molecule has 0 aromatic heterocycles. The SMILES string of the molecule is CO[C@@]1(CN2CCN(C3CCC3)CC2)/C=C\C[C@H](C)[C@@H](C)S(=O)(=O)NC(=O)c2ccc3c(c2)N(C[C@@H]2CC[C@H]21)C[C@@]1(CCCc2cc(Cl)ccc21)CO3. The molecule has 1 amide bonds. The molecule has 0 unspecified atom stereocenters. The van der Waals surface area contributed by atoms with E-state index in [0.29, 0.717) is 24.5 Å². The zero-order chi connectivity index (χ0) is 37.0. The van der Waals surface area contributed by atoms with E-state index in [4.69, 9.17) is 21.1 Å². The Labute approximate surface area is 321 Å². The standard InChI is InChI=1S/C42H57ClN4O5S/c1-29-7-5-18-42(51-3,27-45-19-21-46(22-20-45)35-9-4-10-35)37-14-11-33(37)25-47-26-41(17-6-8-31-23-34(43)13-15-36(31)41)28-52-39-16-12-32(24-38(39)47)40(48)44-53(49,50)30(29)2/h5,12-13,15-16,18,23-24,29-30,33,35,37H,4,6-11,14,17,19-22,25-28H2,1-3H3,(H,44,48)/b18-5-/t29-,30+,33-,37+,41-,42+/m0/s1. The fraction of sp³-hybridized carbons (Fsp3) is 0.643. The van der Waals surface area contributed by atoms with Crippen LogP contribution in [0.2, 0.25) is 5.02 Å². The highest BCUT2D eigenvalue weighted by Crippen LogP contribution is 2.49. The molecular formula is C42H57ClN4O5S. The Bertz CT molecular complexity index is 1830. The van der Waals surface area contributed by atoms with Gasteiger partial charge in [-0.05, 0) is 118 Å². The highest BCUT2D eigenvalue weighted by atomic mass is 35.5. The van der Waals surface area contributed by atoms with Gasteiger partial charge < -0.3 is 14.4 Å². The predicted octanol–water partition coefficient (Wildman–Crippen LogP) is 6.44. The molecule has 288 valence electrons. The van der Waals surface area contributed by atoms with E-state index in [2.05, 4.69) is 43.7 Å². The van der Waals surface area contributed by atoms with Gasteiger partial charge in [-0.25, -0.2) is 13.1 Å². The molecule has 1 saturated heterocycles. The molecule has 3 heterocycles. The average molecular weight is 765 g/mol. The lowest BCUT2D eigenvalue weighted by Gasteiger charge is -2.52. The Hall–Kier alpha value is -2.63. The lowest BCUT2D eigenvalue weighted by Crippen LogP contribution is -2.60. The van der Waals surface area contributed by atoms with E-state index in [0.717, 1.165) is 100 Å². The summed E-state index contributed by atoms with van der Waals surface area (Å²) in [7, 11) is -2.08. The third-order valence-corrected chi connectivity index (χ3v) is 16.2. The van der Waals surface area contributed by atoms with Gasteiger partial charge in [-0.2, -0.15) is 0 Å². The molecule has 1 spiro atoms. The van der Waals surface area contributed by atoms with Crippen molar-refractivity contribution < 1.29 is 22.7 Å². The Morgan fingerprint density at radius 3 is 2.55 bits per heavy atom. The number of allylic oxidation sites excluding steroid dienone is 1. The summed E-state index contributed by atoms with van der Waals surface area (Å²) < 4.78 is 43.1. The molecular weight excluding hydrogens is 708 g/mol. The summed E-state index contributed by atoms with van der Waals surface area (Å²) in [5, 5.41) is -0.0129. The minimum atomic E-state index is -3.95. The van der Waals surface area contributed by atoms with Crippen molar-refractivity contribution in [3.05, 3.63) is 70.3 Å². The normalized spacial score (nSPS) is 34.4. The van der Waals surface area contributed by atoms with E-state index >= 15 is 0 Å². The lowest BCUT2D eigenvalue weighted by atomic mass is 9.63. The number of rotatable bonds is 4. The molecule has 2 bridgehead atoms. The molecule has 3 fully saturated rings. The van der Waals surface area contributed by atoms with Crippen LogP contribution < -0.4 is 14.4 Å². The number of ether oxygens (including phenoxy) is 2. The van der Waals surface area contributed by atoms with Gasteiger partial charge in [0, 0.05) is 75.0 Å². The maximum Gasteiger partial charge on any atom is 0.264 e. The second kappa shape index (κ2) is 14.8. The smallest absolute Gasteiger partial charge is 0.264 e. The molecule has 9 nitrogen and oxygen atoms in total. The third kappa shape index (κ3) is 7.16. The maximum atomic E-state index is 13.7. The van der Waals surface area contributed by atoms with Gasteiger partial charge in [0.2, 0.25) is 10.0 Å². The van der Waals surface area contributed by atoms with Crippen LogP contribution in [0.15, 0.2) is 48.6 Å². The highest BCUT2D eigenvalue weighted by Gasteiger charge is 2.50. The minimum Gasteiger partial charge on any atom is -0.490 e. The molecule has 0 radical (unpaired) electrons. The Balaban J connectivity index is 1.17. The zero-order valence-corrected chi connectivity index (χ0v) is 33.3. The van der Waals surface area contributed by atoms with Crippen LogP contribution in [-0.2, 0) is 26.6 Å². The number of piperazine rings is 1. The van der Waals surface area contributed by atoms with Crippen molar-refractivity contribution >= 4 is 33.2 Å². The van der Waals surface area contributed by atoms with E-state index < -0.39 is 26.8 Å². The Morgan fingerprint density at radius 1 is 1.02 bits per heavy atom. The summed E-state index contributed by atoms with van der Waals surface area (Å²) >= 11 is 6.51. The molecule has 6 aliphatic rings. The molecule has 1 N–H and O–H groups in total. The van der Waals surface area contributed by atoms with Crippen molar-refractivity contribution in [2.24, 2.45) is 17.8 Å². The Kier molecular flexibility index (Phi) is 10.4. The fourth-order valence-electron chi connectivity index (χ4n) is 10.2. The van der Waals surface area contributed by atoms with Gasteiger partial charge >= 0.3 is 0 Å². The number of anilines is 1. The van der Waals surface area contributed by atoms with Crippen molar-refractivity contribution in [2.75, 3.05) is 64.4 Å². The van der Waals surface area contributed by atoms with Crippen LogP contribution in [0.5, 0.6) is 5.75 Å². The van der Waals surface area contributed by atoms with Gasteiger partial charge in [0.1, 0.15) is 11.4 Å². The summed E-state index contributed by atoms with van der Waals surface area (Å²) in [4.78, 5) is 21.4. The number of methoxy groups -OCH3 is 1. The van der Waals surface area contributed by atoms with Gasteiger partial charge in [-0.15, -0.1) is 0 Å². The van der Waals surface area contributed by atoms with Crippen LogP contribution in [0, 0.1) is 17.8 Å². The number of hydrogen-bond donors (Lipinski definition) is 1. The molecule has 2 aromatic carbocycles. The monoisotopic (exact) mass is 764 g/mol. The van der Waals surface area contributed by atoms with Crippen LogP contribution in [0.25, 0.3) is 0 Å². The minimum absolute atomic E-state index is 0.206. The van der Waals surface area contributed by atoms with E-state index in [1.54, 1.807) is 13.0 Å². The fourth-order valence-corrected chi connectivity index (χ4v) is 11.7. The summed E-state index contributed by atoms with van der Waals surface area (Å²) in [5.41, 5.74) is 2.97. The highest BCUT2D eigenvalue weighted by molar-refractivity contribution is 7.90. The first-order chi connectivity index (χ1) is 25.5. The quantitative estimate of drug-likeness (QED) is 0.356. The van der Waals surface area contributed by atoms with Crippen LogP contribution in [0.4, 0.5) is 5.69 Å². The number of carbonyl (C=O) groups excluding carboxylic acids is 1. The van der Waals surface area contributed by atoms with Gasteiger partial charge in [0.05, 0.1) is 17.5 Å². The molecule has 2 saturated carbocycles. The largest absolute Gasteiger partial charge is 0.490 e. The van der Waals surface area contributed by atoms with Crippen LogP contribution in [0.3, 0.4) is 0 Å². The van der Waals surface area contributed by atoms with Crippen LogP contribution >= 0.6 is 11.6 Å². The van der Waals surface area contributed by atoms with Crippen molar-refractivity contribution in [1.82, 2.24) is 14.5 Å². The van der Waals surface area contributed by atoms with Gasteiger partial charge in [-0.1, -0.05) is 43.2 Å². The number of halogens is 1. The van der Waals surface area contributed by atoms with E-state index in [9.17, 15) is 13.2 Å². The summed E-state index contributed by atoms with van der Waals surface area (Å²) in [6.07, 6.45) is 14.2. The number of sulfonamides is 1. The number of aryl methyl sites for hydroxylation is 1. The number of benzene rings is 2. The summed E-state index contributed by atoms with van der Waals surface area (Å²) in [6.45, 7) is 10.8. The maximum absolute atomic E-state index is 13.7. The first-order valence-electron chi connectivity index (χ1n) is 20.1. The molecule has 6 atom stereocenters. The molecule has 11 heteroatoms.